The van der Waals surface area contributed by atoms with Gasteiger partial charge in [0.25, 0.3) is 11.8 Å². The molecule has 4 aromatic rings. The Kier molecular flexibility index (Phi) is 10.8. The molecule has 0 aromatic heterocycles. The summed E-state index contributed by atoms with van der Waals surface area (Å²) in [6.45, 7) is 2.45. The Morgan fingerprint density at radius 3 is 2.02 bits per heavy atom. The number of benzene rings is 4. The number of carbonyl (C=O) groups is 3. The molecule has 0 bridgehead atoms. The van der Waals surface area contributed by atoms with Crippen LogP contribution in [0.25, 0.3) is 6.08 Å². The van der Waals surface area contributed by atoms with Crippen molar-refractivity contribution >= 4 is 46.9 Å². The molecule has 3 amide bonds. The molecule has 0 fully saturated rings. The number of thioether (sulfide) groups is 1. The lowest BCUT2D eigenvalue weighted by Gasteiger charge is -2.12. The van der Waals surface area contributed by atoms with E-state index in [1.165, 1.54) is 11.8 Å². The molecule has 0 atom stereocenters. The van der Waals surface area contributed by atoms with Gasteiger partial charge in [0.1, 0.15) is 17.2 Å². The quantitative estimate of drug-likeness (QED) is 0.135. The van der Waals surface area contributed by atoms with Crippen LogP contribution in [-0.2, 0) is 9.59 Å². The Labute approximate surface area is 249 Å². The van der Waals surface area contributed by atoms with Crippen molar-refractivity contribution in [1.82, 2.24) is 5.32 Å². The summed E-state index contributed by atoms with van der Waals surface area (Å²) in [5.41, 5.74) is 2.46. The smallest absolute Gasteiger partial charge is 0.272 e. The van der Waals surface area contributed by atoms with Gasteiger partial charge in [-0.25, -0.2) is 0 Å². The molecule has 3 N–H and O–H groups in total. The summed E-state index contributed by atoms with van der Waals surface area (Å²) in [4.78, 5) is 39.4. The lowest BCUT2D eigenvalue weighted by Crippen LogP contribution is -2.30. The average molecular weight is 582 g/mol. The molecule has 4 aromatic carbocycles. The predicted molar refractivity (Wildman–Crippen MR) is 167 cm³/mol. The monoisotopic (exact) mass is 581 g/mol. The van der Waals surface area contributed by atoms with Gasteiger partial charge in [0.15, 0.2) is 0 Å². The van der Waals surface area contributed by atoms with Gasteiger partial charge in [-0.15, -0.1) is 11.8 Å². The first-order chi connectivity index (χ1) is 20.4. The molecule has 9 heteroatoms. The number of carbonyl (C=O) groups excluding carboxylic acids is 3. The van der Waals surface area contributed by atoms with E-state index < -0.39 is 11.8 Å². The second kappa shape index (κ2) is 15.1. The van der Waals surface area contributed by atoms with Gasteiger partial charge in [0.2, 0.25) is 5.91 Å². The number of hydrogen-bond donors (Lipinski definition) is 3. The number of nitrogens with one attached hydrogen (secondary N) is 3. The van der Waals surface area contributed by atoms with Gasteiger partial charge in [0, 0.05) is 21.8 Å². The van der Waals surface area contributed by atoms with E-state index in [9.17, 15) is 14.4 Å². The highest BCUT2D eigenvalue weighted by Gasteiger charge is 2.15. The number of amides is 3. The van der Waals surface area contributed by atoms with Crippen LogP contribution >= 0.6 is 11.8 Å². The van der Waals surface area contributed by atoms with Crippen molar-refractivity contribution in [2.75, 3.05) is 30.1 Å². The Hall–Kier alpha value is -5.02. The minimum atomic E-state index is -0.479. The zero-order valence-corrected chi connectivity index (χ0v) is 24.1. The molecular formula is C33H31N3O5S. The van der Waals surface area contributed by atoms with Gasteiger partial charge in [-0.05, 0) is 91.4 Å². The van der Waals surface area contributed by atoms with Crippen LogP contribution in [0.5, 0.6) is 11.5 Å². The molecule has 0 spiro atoms. The number of hydrogen-bond acceptors (Lipinski definition) is 6. The minimum absolute atomic E-state index is 0.0849. The van der Waals surface area contributed by atoms with Gasteiger partial charge >= 0.3 is 0 Å². The van der Waals surface area contributed by atoms with Gasteiger partial charge in [0.05, 0.1) is 19.5 Å². The van der Waals surface area contributed by atoms with Gasteiger partial charge < -0.3 is 25.4 Å². The summed E-state index contributed by atoms with van der Waals surface area (Å²) in [5, 5.41) is 8.42. The van der Waals surface area contributed by atoms with E-state index in [1.807, 2.05) is 37.3 Å². The lowest BCUT2D eigenvalue weighted by molar-refractivity contribution is -0.114. The molecule has 0 saturated carbocycles. The maximum Gasteiger partial charge on any atom is 0.272 e. The van der Waals surface area contributed by atoms with E-state index in [0.717, 1.165) is 10.5 Å². The Balaban J connectivity index is 1.39. The van der Waals surface area contributed by atoms with E-state index in [2.05, 4.69) is 16.0 Å². The second-order valence-corrected chi connectivity index (χ2v) is 9.97. The SMILES string of the molecule is CCOc1ccc(/C=C(\NC(=O)c2ccccc2)C(=O)Nc2ccc(SCC(=O)Nc3ccc(OC)cc3)cc2)cc1. The van der Waals surface area contributed by atoms with E-state index in [4.69, 9.17) is 9.47 Å². The van der Waals surface area contributed by atoms with Gasteiger partial charge in [-0.3, -0.25) is 14.4 Å². The van der Waals surface area contributed by atoms with E-state index in [1.54, 1.807) is 86.0 Å². The lowest BCUT2D eigenvalue weighted by atomic mass is 10.1. The molecule has 42 heavy (non-hydrogen) atoms. The van der Waals surface area contributed by atoms with Crippen LogP contribution in [0.3, 0.4) is 0 Å². The van der Waals surface area contributed by atoms with Crippen molar-refractivity contribution in [3.63, 3.8) is 0 Å². The number of methoxy groups -OCH3 is 1. The first kappa shape index (κ1) is 30.0. The Morgan fingerprint density at radius 1 is 0.762 bits per heavy atom. The third-order valence-electron chi connectivity index (χ3n) is 5.89. The fraction of sp³-hybridized carbons (Fsp3) is 0.121. The predicted octanol–water partition coefficient (Wildman–Crippen LogP) is 6.23. The van der Waals surface area contributed by atoms with E-state index in [-0.39, 0.29) is 17.4 Å². The topological polar surface area (TPSA) is 106 Å². The van der Waals surface area contributed by atoms with Crippen LogP contribution in [0, 0.1) is 0 Å². The molecule has 0 aliphatic carbocycles. The zero-order valence-electron chi connectivity index (χ0n) is 23.3. The molecule has 0 radical (unpaired) electrons. The first-order valence-electron chi connectivity index (χ1n) is 13.2. The molecule has 0 unspecified atom stereocenters. The summed E-state index contributed by atoms with van der Waals surface area (Å²) in [6, 6.07) is 30.1. The normalized spacial score (nSPS) is 10.9. The third-order valence-corrected chi connectivity index (χ3v) is 6.90. The highest BCUT2D eigenvalue weighted by atomic mass is 32.2. The van der Waals surface area contributed by atoms with Crippen molar-refractivity contribution in [2.45, 2.75) is 11.8 Å². The number of ether oxygens (including phenoxy) is 2. The van der Waals surface area contributed by atoms with Gasteiger partial charge in [-0.1, -0.05) is 30.3 Å². The highest BCUT2D eigenvalue weighted by Crippen LogP contribution is 2.22. The summed E-state index contributed by atoms with van der Waals surface area (Å²) in [7, 11) is 1.59. The van der Waals surface area contributed by atoms with E-state index in [0.29, 0.717) is 35.0 Å². The molecule has 0 saturated heterocycles. The van der Waals surface area contributed by atoms with Crippen LogP contribution in [0.2, 0.25) is 0 Å². The van der Waals surface area contributed by atoms with Crippen molar-refractivity contribution in [3.05, 3.63) is 120 Å². The maximum absolute atomic E-state index is 13.3. The summed E-state index contributed by atoms with van der Waals surface area (Å²) in [5.74, 6) is 0.631. The fourth-order valence-corrected chi connectivity index (χ4v) is 4.49. The van der Waals surface area contributed by atoms with Gasteiger partial charge in [-0.2, -0.15) is 0 Å². The van der Waals surface area contributed by atoms with Crippen LogP contribution < -0.4 is 25.4 Å². The maximum atomic E-state index is 13.3. The summed E-state index contributed by atoms with van der Waals surface area (Å²) in [6.07, 6.45) is 1.61. The van der Waals surface area contributed by atoms with Crippen molar-refractivity contribution < 1.29 is 23.9 Å². The minimum Gasteiger partial charge on any atom is -0.497 e. The van der Waals surface area contributed by atoms with Crippen molar-refractivity contribution in [3.8, 4) is 11.5 Å². The molecule has 4 rings (SSSR count). The number of rotatable bonds is 12. The first-order valence-corrected chi connectivity index (χ1v) is 14.2. The molecular weight excluding hydrogens is 550 g/mol. The molecule has 8 nitrogen and oxygen atoms in total. The molecule has 0 aliphatic rings. The second-order valence-electron chi connectivity index (χ2n) is 8.92. The average Bonchev–Trinajstić information content (AvgIpc) is 3.02. The third kappa shape index (κ3) is 9.00. The summed E-state index contributed by atoms with van der Waals surface area (Å²) < 4.78 is 10.6. The molecule has 214 valence electrons. The Bertz CT molecular complexity index is 1520. The highest BCUT2D eigenvalue weighted by molar-refractivity contribution is 8.00. The van der Waals surface area contributed by atoms with Crippen LogP contribution in [0.15, 0.2) is 114 Å². The summed E-state index contributed by atoms with van der Waals surface area (Å²) >= 11 is 1.37. The fourth-order valence-electron chi connectivity index (χ4n) is 3.79. The Morgan fingerprint density at radius 2 is 1.38 bits per heavy atom. The zero-order chi connectivity index (χ0) is 29.7. The number of anilines is 2. The van der Waals surface area contributed by atoms with Crippen LogP contribution in [0.4, 0.5) is 11.4 Å². The van der Waals surface area contributed by atoms with Crippen LogP contribution in [0.1, 0.15) is 22.8 Å². The standard InChI is InChI=1S/C33H31N3O5S/c1-3-41-28-15-9-23(10-16-28)21-30(36-32(38)24-7-5-4-6-8-24)33(39)35-26-13-19-29(20-14-26)42-22-31(37)34-25-11-17-27(40-2)18-12-25/h4-21H,3,22H2,1-2H3,(H,34,37)(H,35,39)(H,36,38)/b30-21-. The van der Waals surface area contributed by atoms with Crippen LogP contribution in [-0.4, -0.2) is 37.2 Å². The van der Waals surface area contributed by atoms with E-state index >= 15 is 0 Å². The van der Waals surface area contributed by atoms with Crippen molar-refractivity contribution in [2.24, 2.45) is 0 Å². The van der Waals surface area contributed by atoms with Crippen molar-refractivity contribution in [1.29, 1.82) is 0 Å². The molecule has 0 aliphatic heterocycles. The largest absolute Gasteiger partial charge is 0.497 e. The molecule has 0 heterocycles.